The summed E-state index contributed by atoms with van der Waals surface area (Å²) in [6.45, 7) is 0. The normalized spacial score (nSPS) is 25.5. The highest BCUT2D eigenvalue weighted by Gasteiger charge is 2.33. The molecule has 0 spiro atoms. The minimum Gasteiger partial charge on any atom is -0.507 e. The Hall–Kier alpha value is -1.62. The zero-order chi connectivity index (χ0) is 25.4. The molecular formula is C30H30I2O4. The maximum Gasteiger partial charge on any atom is 0.125 e. The van der Waals surface area contributed by atoms with Crippen molar-refractivity contribution >= 4 is 45.2 Å². The minimum absolute atomic E-state index is 0.0108. The van der Waals surface area contributed by atoms with Crippen LogP contribution in [0.3, 0.4) is 0 Å². The van der Waals surface area contributed by atoms with Crippen molar-refractivity contribution < 1.29 is 19.7 Å². The van der Waals surface area contributed by atoms with Crippen molar-refractivity contribution in [3.05, 3.63) is 101 Å². The lowest BCUT2D eigenvalue weighted by Crippen LogP contribution is -2.33. The van der Waals surface area contributed by atoms with Crippen molar-refractivity contribution in [1.82, 2.24) is 0 Å². The summed E-state index contributed by atoms with van der Waals surface area (Å²) in [4.78, 5) is 0. The number of phenols is 1. The summed E-state index contributed by atoms with van der Waals surface area (Å²) >= 11 is 4.69. The number of fused-ring (bicyclic) bond motifs is 8. The van der Waals surface area contributed by atoms with Crippen LogP contribution < -0.4 is 4.74 Å². The standard InChI is InChI=1S/C30H30I2O4/c1-35-29-17-5-3-6-18(29)10-22-14-26(32)16-24(28(22)34)12-20-8-4-7-19(30(20)36-2)11-23-15-25(31)13-21(9-17)27(23)33/h3-8,13-17,21,27,29,33-34H,9-12H2,1-2H3/t17?,21-,27?,29?/m1/s1. The zero-order valence-corrected chi connectivity index (χ0v) is 24.7. The molecule has 3 aliphatic carbocycles. The Balaban J connectivity index is 1.66. The van der Waals surface area contributed by atoms with E-state index >= 15 is 0 Å². The maximum atomic E-state index is 11.5. The molecule has 36 heavy (non-hydrogen) atoms. The van der Waals surface area contributed by atoms with Gasteiger partial charge < -0.3 is 19.7 Å². The summed E-state index contributed by atoms with van der Waals surface area (Å²) in [5.74, 6) is 1.28. The summed E-state index contributed by atoms with van der Waals surface area (Å²) in [6, 6.07) is 10.3. The first-order valence-electron chi connectivity index (χ1n) is 12.2. The molecule has 0 saturated heterocycles. The molecular weight excluding hydrogens is 678 g/mol. The van der Waals surface area contributed by atoms with Gasteiger partial charge in [0.2, 0.25) is 0 Å². The van der Waals surface area contributed by atoms with Crippen LogP contribution in [0.1, 0.15) is 28.7 Å². The van der Waals surface area contributed by atoms with Gasteiger partial charge in [-0.3, -0.25) is 0 Å². The molecule has 2 N–H and O–H groups in total. The molecule has 2 aromatic carbocycles. The van der Waals surface area contributed by atoms with E-state index in [1.54, 1.807) is 14.2 Å². The summed E-state index contributed by atoms with van der Waals surface area (Å²) in [7, 11) is 3.45. The number of benzene rings is 2. The van der Waals surface area contributed by atoms with Gasteiger partial charge in [0.15, 0.2) is 0 Å². The molecule has 0 saturated carbocycles. The van der Waals surface area contributed by atoms with Gasteiger partial charge in [0.1, 0.15) is 11.5 Å². The van der Waals surface area contributed by atoms with E-state index in [2.05, 4.69) is 93.8 Å². The number of para-hydroxylation sites is 1. The molecule has 0 fully saturated rings. The van der Waals surface area contributed by atoms with Crippen LogP contribution in [0.15, 0.2) is 75.4 Å². The number of hydrogen-bond acceptors (Lipinski definition) is 4. The molecule has 0 aromatic heterocycles. The lowest BCUT2D eigenvalue weighted by molar-refractivity contribution is 0.0728. The van der Waals surface area contributed by atoms with Crippen molar-refractivity contribution in [2.24, 2.45) is 11.8 Å². The van der Waals surface area contributed by atoms with E-state index in [4.69, 9.17) is 9.47 Å². The Morgan fingerprint density at radius 2 is 1.61 bits per heavy atom. The Morgan fingerprint density at radius 3 is 2.33 bits per heavy atom. The predicted octanol–water partition coefficient (Wildman–Crippen LogP) is 6.45. The number of aliphatic hydroxyl groups excluding tert-OH is 1. The molecule has 4 atom stereocenters. The topological polar surface area (TPSA) is 58.9 Å². The molecule has 8 bridgehead atoms. The van der Waals surface area contributed by atoms with Gasteiger partial charge in [-0.05, 0) is 116 Å². The number of rotatable bonds is 2. The van der Waals surface area contributed by atoms with Crippen molar-refractivity contribution in [2.45, 2.75) is 37.9 Å². The van der Waals surface area contributed by atoms with E-state index in [9.17, 15) is 10.2 Å². The maximum absolute atomic E-state index is 11.5. The smallest absolute Gasteiger partial charge is 0.125 e. The molecule has 6 heteroatoms. The van der Waals surface area contributed by atoms with Crippen LogP contribution in [-0.2, 0) is 24.0 Å². The monoisotopic (exact) mass is 708 g/mol. The molecule has 0 aliphatic heterocycles. The third kappa shape index (κ3) is 5.19. The van der Waals surface area contributed by atoms with Gasteiger partial charge in [-0.25, -0.2) is 0 Å². The summed E-state index contributed by atoms with van der Waals surface area (Å²) in [5.41, 5.74) is 5.98. The Bertz CT molecular complexity index is 1290. The highest BCUT2D eigenvalue weighted by molar-refractivity contribution is 14.1. The lowest BCUT2D eigenvalue weighted by atomic mass is 9.77. The fourth-order valence-electron chi connectivity index (χ4n) is 5.84. The molecule has 3 unspecified atom stereocenters. The number of ether oxygens (including phenoxy) is 2. The van der Waals surface area contributed by atoms with Crippen LogP contribution in [0, 0.1) is 15.4 Å². The second-order valence-electron chi connectivity index (χ2n) is 9.77. The molecule has 0 heterocycles. The largest absolute Gasteiger partial charge is 0.507 e. The van der Waals surface area contributed by atoms with E-state index in [1.165, 1.54) is 0 Å². The molecule has 2 aromatic rings. The van der Waals surface area contributed by atoms with Gasteiger partial charge in [0, 0.05) is 32.5 Å². The minimum atomic E-state index is -0.566. The van der Waals surface area contributed by atoms with Crippen molar-refractivity contribution in [2.75, 3.05) is 14.2 Å². The highest BCUT2D eigenvalue weighted by Crippen LogP contribution is 2.40. The highest BCUT2D eigenvalue weighted by atomic mass is 127. The first-order chi connectivity index (χ1) is 17.4. The number of aliphatic hydroxyl groups is 1. The number of allylic oxidation sites excluding steroid dienone is 4. The zero-order valence-electron chi connectivity index (χ0n) is 20.4. The Morgan fingerprint density at radius 1 is 0.917 bits per heavy atom. The molecule has 5 rings (SSSR count). The van der Waals surface area contributed by atoms with Crippen molar-refractivity contribution in [3.63, 3.8) is 0 Å². The molecule has 4 nitrogen and oxygen atoms in total. The molecule has 188 valence electrons. The van der Waals surface area contributed by atoms with Gasteiger partial charge in [-0.1, -0.05) is 42.5 Å². The first kappa shape index (κ1) is 26.0. The van der Waals surface area contributed by atoms with E-state index in [0.717, 1.165) is 52.7 Å². The van der Waals surface area contributed by atoms with E-state index in [0.29, 0.717) is 25.0 Å². The third-order valence-corrected chi connectivity index (χ3v) is 8.78. The fraction of sp³-hybridized carbons (Fsp3) is 0.333. The number of hydrogen-bond donors (Lipinski definition) is 2. The van der Waals surface area contributed by atoms with Gasteiger partial charge in [0.25, 0.3) is 0 Å². The lowest BCUT2D eigenvalue weighted by Gasteiger charge is -2.34. The summed E-state index contributed by atoms with van der Waals surface area (Å²) in [5, 5.41) is 22.8. The number of aromatic hydroxyl groups is 1. The van der Waals surface area contributed by atoms with E-state index in [1.807, 2.05) is 12.1 Å². The van der Waals surface area contributed by atoms with Crippen LogP contribution in [-0.4, -0.2) is 36.6 Å². The third-order valence-electron chi connectivity index (χ3n) is 7.49. The second-order valence-corrected chi connectivity index (χ2v) is 12.3. The number of phenolic OH excluding ortho intramolecular Hbond substituents is 1. The van der Waals surface area contributed by atoms with Gasteiger partial charge in [0.05, 0.1) is 19.3 Å². The Kier molecular flexibility index (Phi) is 7.95. The van der Waals surface area contributed by atoms with Crippen LogP contribution in [0.4, 0.5) is 0 Å². The van der Waals surface area contributed by atoms with Gasteiger partial charge >= 0.3 is 0 Å². The molecule has 3 aliphatic rings. The van der Waals surface area contributed by atoms with Crippen LogP contribution >= 0.6 is 45.2 Å². The summed E-state index contributed by atoms with van der Waals surface area (Å²) < 4.78 is 14.2. The van der Waals surface area contributed by atoms with Crippen molar-refractivity contribution in [3.8, 4) is 11.5 Å². The van der Waals surface area contributed by atoms with Crippen molar-refractivity contribution in [1.29, 1.82) is 0 Å². The molecule has 0 amide bonds. The quantitative estimate of drug-likeness (QED) is 0.353. The first-order valence-corrected chi connectivity index (χ1v) is 14.3. The summed E-state index contributed by atoms with van der Waals surface area (Å²) in [6.07, 6.45) is 12.6. The van der Waals surface area contributed by atoms with Crippen LogP contribution in [0.5, 0.6) is 11.5 Å². The van der Waals surface area contributed by atoms with Gasteiger partial charge in [-0.2, -0.15) is 0 Å². The molecule has 0 radical (unpaired) electrons. The predicted molar refractivity (Wildman–Crippen MR) is 160 cm³/mol. The SMILES string of the molecule is COc1c2cccc1Cc1cc(I)cc(c1O)CC1=CC=CC(C[C@@H]3C=C(I)C=C(C2)C3O)C1OC. The number of methoxy groups -OCH3 is 2. The van der Waals surface area contributed by atoms with E-state index < -0.39 is 6.10 Å². The van der Waals surface area contributed by atoms with E-state index in [-0.39, 0.29) is 17.9 Å². The number of halogens is 2. The van der Waals surface area contributed by atoms with Gasteiger partial charge in [-0.15, -0.1) is 0 Å². The average Bonchev–Trinajstić information content (AvgIpc) is 2.84. The average molecular weight is 708 g/mol. The van der Waals surface area contributed by atoms with Crippen LogP contribution in [0.25, 0.3) is 0 Å². The fourth-order valence-corrected chi connectivity index (χ4v) is 7.45. The second kappa shape index (κ2) is 11.0. The van der Waals surface area contributed by atoms with Crippen LogP contribution in [0.2, 0.25) is 0 Å². The Labute approximate surface area is 240 Å².